The van der Waals surface area contributed by atoms with Gasteiger partial charge in [-0.3, -0.25) is 0 Å². The zero-order chi connectivity index (χ0) is 10.6. The Labute approximate surface area is 91.0 Å². The molecule has 78 valence electrons. The van der Waals surface area contributed by atoms with Gasteiger partial charge in [0.15, 0.2) is 0 Å². The summed E-state index contributed by atoms with van der Waals surface area (Å²) in [5.74, 6) is 0.833. The van der Waals surface area contributed by atoms with E-state index in [1.165, 1.54) is 12.8 Å². The summed E-state index contributed by atoms with van der Waals surface area (Å²) in [5, 5.41) is 0.754. The zero-order valence-electron chi connectivity index (χ0n) is 9.01. The number of hydrogen-bond acceptors (Lipinski definition) is 1. The van der Waals surface area contributed by atoms with Gasteiger partial charge in [0.05, 0.1) is 11.1 Å². The summed E-state index contributed by atoms with van der Waals surface area (Å²) in [7, 11) is 0. The first-order valence-electron chi connectivity index (χ1n) is 5.19. The number of halogens is 1. The van der Waals surface area contributed by atoms with Crippen LogP contribution in [-0.2, 0) is 0 Å². The van der Waals surface area contributed by atoms with E-state index in [2.05, 4.69) is 0 Å². The van der Waals surface area contributed by atoms with E-state index in [1.807, 2.05) is 39.0 Å². The Morgan fingerprint density at radius 1 is 1.29 bits per heavy atom. The molecule has 0 spiro atoms. The second-order valence-corrected chi connectivity index (χ2v) is 3.58. The van der Waals surface area contributed by atoms with E-state index in [0.29, 0.717) is 6.10 Å². The normalized spacial score (nSPS) is 14.3. The first kappa shape index (κ1) is 11.4. The first-order valence-corrected chi connectivity index (χ1v) is 5.57. The Kier molecular flexibility index (Phi) is 4.27. The topological polar surface area (TPSA) is 9.23 Å². The molecule has 1 aliphatic rings. The molecule has 14 heavy (non-hydrogen) atoms. The summed E-state index contributed by atoms with van der Waals surface area (Å²) >= 11 is 6.04. The van der Waals surface area contributed by atoms with Crippen LogP contribution in [0.15, 0.2) is 18.2 Å². The Hall–Kier alpha value is -0.690. The first-order chi connectivity index (χ1) is 6.77. The fourth-order valence-electron chi connectivity index (χ4n) is 1.08. The molecule has 0 N–H and O–H groups in total. The number of hydrogen-bond donors (Lipinski definition) is 0. The van der Waals surface area contributed by atoms with Crippen LogP contribution in [0.1, 0.15) is 32.3 Å². The predicted molar refractivity (Wildman–Crippen MR) is 61.2 cm³/mol. The lowest BCUT2D eigenvalue weighted by Gasteiger charge is -2.07. The molecule has 0 unspecified atom stereocenters. The maximum absolute atomic E-state index is 6.04. The lowest BCUT2D eigenvalue weighted by Crippen LogP contribution is -1.96. The van der Waals surface area contributed by atoms with Crippen molar-refractivity contribution in [1.29, 1.82) is 0 Å². The average molecular weight is 213 g/mol. The monoisotopic (exact) mass is 212 g/mol. The van der Waals surface area contributed by atoms with Crippen LogP contribution >= 0.6 is 11.6 Å². The zero-order valence-corrected chi connectivity index (χ0v) is 9.77. The number of ether oxygens (including phenoxy) is 1. The Morgan fingerprint density at radius 3 is 2.50 bits per heavy atom. The van der Waals surface area contributed by atoms with Crippen LogP contribution in [-0.4, -0.2) is 6.10 Å². The van der Waals surface area contributed by atoms with Gasteiger partial charge in [-0.2, -0.15) is 0 Å². The van der Waals surface area contributed by atoms with E-state index in [1.54, 1.807) is 0 Å². The van der Waals surface area contributed by atoms with Crippen LogP contribution in [0.3, 0.4) is 0 Å². The van der Waals surface area contributed by atoms with Crippen molar-refractivity contribution in [2.24, 2.45) is 0 Å². The molecule has 0 heterocycles. The van der Waals surface area contributed by atoms with Gasteiger partial charge in [0, 0.05) is 0 Å². The summed E-state index contributed by atoms with van der Waals surface area (Å²) in [5.41, 5.74) is 1.08. The third-order valence-corrected chi connectivity index (χ3v) is 2.46. The van der Waals surface area contributed by atoms with Crippen molar-refractivity contribution in [2.75, 3.05) is 0 Å². The van der Waals surface area contributed by atoms with Gasteiger partial charge in [-0.25, -0.2) is 0 Å². The predicted octanol–water partition coefficient (Wildman–Crippen LogP) is 4.22. The van der Waals surface area contributed by atoms with Gasteiger partial charge in [0.2, 0.25) is 0 Å². The van der Waals surface area contributed by atoms with E-state index in [-0.39, 0.29) is 0 Å². The molecule has 0 radical (unpaired) electrons. The van der Waals surface area contributed by atoms with Gasteiger partial charge in [-0.1, -0.05) is 37.6 Å². The number of benzene rings is 1. The second kappa shape index (κ2) is 5.26. The fraction of sp³-hybridized carbons (Fsp3) is 0.500. The van der Waals surface area contributed by atoms with E-state index in [9.17, 15) is 0 Å². The highest BCUT2D eigenvalue weighted by atomic mass is 35.5. The van der Waals surface area contributed by atoms with E-state index >= 15 is 0 Å². The Bertz CT molecular complexity index is 292. The van der Waals surface area contributed by atoms with E-state index < -0.39 is 0 Å². The van der Waals surface area contributed by atoms with Crippen molar-refractivity contribution in [2.45, 2.75) is 39.7 Å². The summed E-state index contributed by atoms with van der Waals surface area (Å²) in [6.07, 6.45) is 2.76. The lowest BCUT2D eigenvalue weighted by atomic mass is 10.2. The van der Waals surface area contributed by atoms with Gasteiger partial charge >= 0.3 is 0 Å². The van der Waals surface area contributed by atoms with Crippen molar-refractivity contribution < 1.29 is 4.74 Å². The van der Waals surface area contributed by atoms with E-state index in [0.717, 1.165) is 16.3 Å². The largest absolute Gasteiger partial charge is 0.489 e. The molecule has 0 aromatic heterocycles. The molecule has 0 atom stereocenters. The van der Waals surface area contributed by atoms with Crippen LogP contribution in [0.5, 0.6) is 5.75 Å². The second-order valence-electron chi connectivity index (χ2n) is 3.20. The van der Waals surface area contributed by atoms with Crippen molar-refractivity contribution in [3.63, 3.8) is 0 Å². The van der Waals surface area contributed by atoms with E-state index in [4.69, 9.17) is 16.3 Å². The highest BCUT2D eigenvalue weighted by Crippen LogP contribution is 2.33. The fourth-order valence-corrected chi connectivity index (χ4v) is 1.25. The molecule has 0 saturated heterocycles. The highest BCUT2D eigenvalue weighted by Gasteiger charge is 2.24. The molecule has 2 heteroatoms. The van der Waals surface area contributed by atoms with Crippen molar-refractivity contribution in [3.8, 4) is 5.75 Å². The van der Waals surface area contributed by atoms with Gasteiger partial charge < -0.3 is 4.74 Å². The lowest BCUT2D eigenvalue weighted by molar-refractivity contribution is 0.303. The minimum atomic E-state index is 0.421. The van der Waals surface area contributed by atoms with Crippen LogP contribution in [0.4, 0.5) is 0 Å². The molecule has 1 aromatic rings. The maximum Gasteiger partial charge on any atom is 0.138 e. The Morgan fingerprint density at radius 2 is 1.93 bits per heavy atom. The summed E-state index contributed by atoms with van der Waals surface area (Å²) in [6, 6.07) is 5.88. The van der Waals surface area contributed by atoms with Gasteiger partial charge in [0.25, 0.3) is 0 Å². The smallest absolute Gasteiger partial charge is 0.138 e. The molecule has 0 aliphatic heterocycles. The molecule has 1 aromatic carbocycles. The van der Waals surface area contributed by atoms with Gasteiger partial charge in [0.1, 0.15) is 5.75 Å². The minimum absolute atomic E-state index is 0.421. The third kappa shape index (κ3) is 2.91. The molecule has 0 bridgehead atoms. The van der Waals surface area contributed by atoms with Crippen molar-refractivity contribution >= 4 is 11.6 Å². The summed E-state index contributed by atoms with van der Waals surface area (Å²) < 4.78 is 5.60. The quantitative estimate of drug-likeness (QED) is 0.714. The third-order valence-electron chi connectivity index (χ3n) is 1.97. The highest BCUT2D eigenvalue weighted by molar-refractivity contribution is 6.32. The van der Waals surface area contributed by atoms with Crippen LogP contribution < -0.4 is 4.74 Å². The molecule has 2 rings (SSSR count). The SMILES string of the molecule is CC.Cc1cccc(OC2CC2)c1Cl. The summed E-state index contributed by atoms with van der Waals surface area (Å²) in [4.78, 5) is 0. The molecule has 1 aliphatic carbocycles. The molecular weight excluding hydrogens is 196 g/mol. The minimum Gasteiger partial charge on any atom is -0.489 e. The van der Waals surface area contributed by atoms with Gasteiger partial charge in [-0.15, -0.1) is 0 Å². The van der Waals surface area contributed by atoms with Crippen molar-refractivity contribution in [3.05, 3.63) is 28.8 Å². The number of aryl methyl sites for hydroxylation is 1. The van der Waals surface area contributed by atoms with Crippen LogP contribution in [0, 0.1) is 6.92 Å². The molecule has 0 amide bonds. The molecule has 1 fully saturated rings. The van der Waals surface area contributed by atoms with Crippen LogP contribution in [0.2, 0.25) is 5.02 Å². The van der Waals surface area contributed by atoms with Crippen molar-refractivity contribution in [1.82, 2.24) is 0 Å². The Balaban J connectivity index is 0.000000461. The average Bonchev–Trinajstić information content (AvgIpc) is 3.00. The van der Waals surface area contributed by atoms with Crippen LogP contribution in [0.25, 0.3) is 0 Å². The number of rotatable bonds is 2. The maximum atomic E-state index is 6.04. The van der Waals surface area contributed by atoms with Gasteiger partial charge in [-0.05, 0) is 31.4 Å². The molecular formula is C12H17ClO. The standard InChI is InChI=1S/C10H11ClO.C2H6/c1-7-3-2-4-9(10(7)11)12-8-5-6-8;1-2/h2-4,8H,5-6H2,1H3;1-2H3. The molecule has 1 nitrogen and oxygen atoms in total. The summed E-state index contributed by atoms with van der Waals surface area (Å²) in [6.45, 7) is 5.99. The molecule has 1 saturated carbocycles.